The standard InChI is InChI=1S/C18H21N3O3S/c1-24-15-7-2-6-14(11-15)19-17(22)13-5-3-9-21(12-13)18(23)20-16-8-4-10-25-16/h2,4,6-8,10-11,13H,3,5,9,12H2,1H3,(H,19,22)(H,20,23). The first kappa shape index (κ1) is 17.3. The van der Waals surface area contributed by atoms with E-state index in [1.807, 2.05) is 35.7 Å². The predicted octanol–water partition coefficient (Wildman–Crippen LogP) is 3.64. The van der Waals surface area contributed by atoms with Gasteiger partial charge < -0.3 is 15.0 Å². The van der Waals surface area contributed by atoms with Crippen LogP contribution in [-0.4, -0.2) is 37.0 Å². The van der Waals surface area contributed by atoms with Gasteiger partial charge in [-0.25, -0.2) is 4.79 Å². The van der Waals surface area contributed by atoms with Gasteiger partial charge in [0.05, 0.1) is 18.0 Å². The number of piperidine rings is 1. The van der Waals surface area contributed by atoms with Gasteiger partial charge in [0.2, 0.25) is 5.91 Å². The maximum Gasteiger partial charge on any atom is 0.322 e. The molecule has 0 radical (unpaired) electrons. The van der Waals surface area contributed by atoms with E-state index in [0.29, 0.717) is 24.5 Å². The Balaban J connectivity index is 1.58. The number of urea groups is 1. The number of methoxy groups -OCH3 is 1. The van der Waals surface area contributed by atoms with Crippen molar-refractivity contribution in [3.63, 3.8) is 0 Å². The molecule has 1 saturated heterocycles. The van der Waals surface area contributed by atoms with Gasteiger partial charge in [-0.3, -0.25) is 10.1 Å². The third-order valence-electron chi connectivity index (χ3n) is 4.17. The van der Waals surface area contributed by atoms with E-state index in [1.165, 1.54) is 11.3 Å². The van der Waals surface area contributed by atoms with Crippen LogP contribution in [0, 0.1) is 5.92 Å². The van der Waals surface area contributed by atoms with Crippen molar-refractivity contribution >= 4 is 34.0 Å². The van der Waals surface area contributed by atoms with Crippen molar-refractivity contribution in [2.75, 3.05) is 30.8 Å². The molecule has 0 bridgehead atoms. The lowest BCUT2D eigenvalue weighted by Gasteiger charge is -2.31. The van der Waals surface area contributed by atoms with E-state index in [-0.39, 0.29) is 17.9 Å². The molecule has 132 valence electrons. The average molecular weight is 359 g/mol. The fraction of sp³-hybridized carbons (Fsp3) is 0.333. The van der Waals surface area contributed by atoms with E-state index < -0.39 is 0 Å². The van der Waals surface area contributed by atoms with Crippen molar-refractivity contribution < 1.29 is 14.3 Å². The Morgan fingerprint density at radius 3 is 2.88 bits per heavy atom. The molecule has 3 amide bonds. The summed E-state index contributed by atoms with van der Waals surface area (Å²) in [5.41, 5.74) is 0.699. The monoisotopic (exact) mass is 359 g/mol. The Morgan fingerprint density at radius 1 is 1.24 bits per heavy atom. The highest BCUT2D eigenvalue weighted by molar-refractivity contribution is 7.14. The van der Waals surface area contributed by atoms with Gasteiger partial charge >= 0.3 is 6.03 Å². The van der Waals surface area contributed by atoms with E-state index in [2.05, 4.69) is 10.6 Å². The van der Waals surface area contributed by atoms with Gasteiger partial charge in [-0.15, -0.1) is 11.3 Å². The minimum atomic E-state index is -0.214. The minimum absolute atomic E-state index is 0.0677. The third-order valence-corrected chi connectivity index (χ3v) is 4.95. The molecule has 1 aliphatic heterocycles. The molecule has 0 aliphatic carbocycles. The van der Waals surface area contributed by atoms with Crippen LogP contribution in [-0.2, 0) is 4.79 Å². The summed E-state index contributed by atoms with van der Waals surface area (Å²) in [5.74, 6) is 0.411. The highest BCUT2D eigenvalue weighted by atomic mass is 32.1. The normalized spacial score (nSPS) is 17.0. The second-order valence-electron chi connectivity index (χ2n) is 5.91. The summed E-state index contributed by atoms with van der Waals surface area (Å²) in [5, 5.41) is 8.52. The lowest BCUT2D eigenvalue weighted by atomic mass is 9.97. The van der Waals surface area contributed by atoms with E-state index in [4.69, 9.17) is 4.74 Å². The van der Waals surface area contributed by atoms with E-state index in [1.54, 1.807) is 18.1 Å². The van der Waals surface area contributed by atoms with E-state index in [0.717, 1.165) is 17.8 Å². The highest BCUT2D eigenvalue weighted by Crippen LogP contribution is 2.22. The molecule has 25 heavy (non-hydrogen) atoms. The Hall–Kier alpha value is -2.54. The van der Waals surface area contributed by atoms with Crippen molar-refractivity contribution in [3.8, 4) is 5.75 Å². The SMILES string of the molecule is COc1cccc(NC(=O)C2CCCN(C(=O)Nc3cccs3)C2)c1. The first-order valence-corrected chi connectivity index (χ1v) is 9.08. The van der Waals surface area contributed by atoms with Gasteiger partial charge in [0.15, 0.2) is 0 Å². The number of anilines is 2. The molecular weight excluding hydrogens is 338 g/mol. The summed E-state index contributed by atoms with van der Waals surface area (Å²) >= 11 is 1.48. The number of carbonyl (C=O) groups excluding carboxylic acids is 2. The summed E-state index contributed by atoms with van der Waals surface area (Å²) in [4.78, 5) is 26.6. The molecular formula is C18H21N3O3S. The first-order valence-electron chi connectivity index (χ1n) is 8.20. The molecule has 0 saturated carbocycles. The second-order valence-corrected chi connectivity index (χ2v) is 6.86. The molecule has 0 spiro atoms. The van der Waals surface area contributed by atoms with Crippen LogP contribution in [0.15, 0.2) is 41.8 Å². The molecule has 3 rings (SSSR count). The molecule has 6 nitrogen and oxygen atoms in total. The van der Waals surface area contributed by atoms with Crippen LogP contribution in [0.1, 0.15) is 12.8 Å². The topological polar surface area (TPSA) is 70.7 Å². The van der Waals surface area contributed by atoms with Gasteiger partial charge in [-0.2, -0.15) is 0 Å². The van der Waals surface area contributed by atoms with E-state index >= 15 is 0 Å². The number of nitrogens with zero attached hydrogens (tertiary/aromatic N) is 1. The van der Waals surface area contributed by atoms with Crippen LogP contribution in [0.5, 0.6) is 5.75 Å². The Labute approximate surface area is 150 Å². The van der Waals surface area contributed by atoms with Crippen LogP contribution in [0.2, 0.25) is 0 Å². The lowest BCUT2D eigenvalue weighted by Crippen LogP contribution is -2.45. The van der Waals surface area contributed by atoms with Crippen LogP contribution < -0.4 is 15.4 Å². The fourth-order valence-corrected chi connectivity index (χ4v) is 3.46. The van der Waals surface area contributed by atoms with Crippen LogP contribution in [0.3, 0.4) is 0 Å². The van der Waals surface area contributed by atoms with Gasteiger partial charge in [-0.1, -0.05) is 6.07 Å². The molecule has 1 fully saturated rings. The number of hydrogen-bond acceptors (Lipinski definition) is 4. The molecule has 1 unspecified atom stereocenters. The largest absolute Gasteiger partial charge is 0.497 e. The summed E-state index contributed by atoms with van der Waals surface area (Å²) in [6.45, 7) is 1.09. The van der Waals surface area contributed by atoms with Gasteiger partial charge in [-0.05, 0) is 42.5 Å². The van der Waals surface area contributed by atoms with Crippen LogP contribution >= 0.6 is 11.3 Å². The van der Waals surface area contributed by atoms with Gasteiger partial charge in [0.25, 0.3) is 0 Å². The Morgan fingerprint density at radius 2 is 2.12 bits per heavy atom. The zero-order valence-corrected chi connectivity index (χ0v) is 14.8. The summed E-state index contributed by atoms with van der Waals surface area (Å²) in [7, 11) is 1.59. The molecule has 2 heterocycles. The van der Waals surface area contributed by atoms with Crippen molar-refractivity contribution in [2.45, 2.75) is 12.8 Å². The maximum atomic E-state index is 12.5. The molecule has 1 atom stereocenters. The summed E-state index contributed by atoms with van der Waals surface area (Å²) < 4.78 is 5.17. The average Bonchev–Trinajstić information content (AvgIpc) is 3.15. The zero-order chi connectivity index (χ0) is 17.6. The number of thiophene rings is 1. The first-order chi connectivity index (χ1) is 12.2. The van der Waals surface area contributed by atoms with Crippen molar-refractivity contribution in [1.82, 2.24) is 4.90 Å². The molecule has 7 heteroatoms. The van der Waals surface area contributed by atoms with Crippen LogP contribution in [0.25, 0.3) is 0 Å². The summed E-state index contributed by atoms with van der Waals surface area (Å²) in [6, 6.07) is 10.9. The zero-order valence-electron chi connectivity index (χ0n) is 14.0. The molecule has 2 N–H and O–H groups in total. The number of benzene rings is 1. The van der Waals surface area contributed by atoms with Crippen molar-refractivity contribution in [2.24, 2.45) is 5.92 Å². The number of hydrogen-bond donors (Lipinski definition) is 2. The van der Waals surface area contributed by atoms with Crippen molar-refractivity contribution in [1.29, 1.82) is 0 Å². The lowest BCUT2D eigenvalue weighted by molar-refractivity contribution is -0.121. The molecule has 1 aliphatic rings. The number of amides is 3. The second kappa shape index (κ2) is 8.02. The smallest absolute Gasteiger partial charge is 0.322 e. The number of likely N-dealkylation sites (tertiary alicyclic amines) is 1. The maximum absolute atomic E-state index is 12.5. The van der Waals surface area contributed by atoms with Crippen molar-refractivity contribution in [3.05, 3.63) is 41.8 Å². The number of carbonyl (C=O) groups is 2. The van der Waals surface area contributed by atoms with Crippen LogP contribution in [0.4, 0.5) is 15.5 Å². The molecule has 2 aromatic rings. The predicted molar refractivity (Wildman–Crippen MR) is 99.3 cm³/mol. The summed E-state index contributed by atoms with van der Waals surface area (Å²) in [6.07, 6.45) is 1.59. The Bertz CT molecular complexity index is 733. The van der Waals surface area contributed by atoms with Gasteiger partial charge in [0.1, 0.15) is 5.75 Å². The highest BCUT2D eigenvalue weighted by Gasteiger charge is 2.28. The number of rotatable bonds is 4. The Kier molecular flexibility index (Phi) is 5.55. The van der Waals surface area contributed by atoms with E-state index in [9.17, 15) is 9.59 Å². The third kappa shape index (κ3) is 4.51. The van der Waals surface area contributed by atoms with Gasteiger partial charge in [0, 0.05) is 24.8 Å². The molecule has 1 aromatic heterocycles. The minimum Gasteiger partial charge on any atom is -0.497 e. The number of ether oxygens (including phenoxy) is 1. The fourth-order valence-electron chi connectivity index (χ4n) is 2.85. The quantitative estimate of drug-likeness (QED) is 0.875. The number of nitrogens with one attached hydrogen (secondary N) is 2. The molecule has 1 aromatic carbocycles.